The summed E-state index contributed by atoms with van der Waals surface area (Å²) in [6.07, 6.45) is 1.93. The van der Waals surface area contributed by atoms with E-state index in [0.717, 1.165) is 43.9 Å². The Bertz CT molecular complexity index is 513. The van der Waals surface area contributed by atoms with Crippen molar-refractivity contribution >= 4 is 5.97 Å². The zero-order valence-electron chi connectivity index (χ0n) is 13.8. The predicted molar refractivity (Wildman–Crippen MR) is 83.4 cm³/mol. The molecule has 22 heavy (non-hydrogen) atoms. The van der Waals surface area contributed by atoms with Gasteiger partial charge in [0.25, 0.3) is 0 Å². The quantitative estimate of drug-likeness (QED) is 0.802. The van der Waals surface area contributed by atoms with Gasteiger partial charge in [0.2, 0.25) is 0 Å². The molecule has 1 fully saturated rings. The van der Waals surface area contributed by atoms with Crippen molar-refractivity contribution in [2.45, 2.75) is 46.7 Å². The van der Waals surface area contributed by atoms with Gasteiger partial charge in [-0.25, -0.2) is 0 Å². The lowest BCUT2D eigenvalue weighted by molar-refractivity contribution is -0.150. The number of rotatable bonds is 6. The van der Waals surface area contributed by atoms with Crippen LogP contribution in [0.4, 0.5) is 0 Å². The van der Waals surface area contributed by atoms with Crippen molar-refractivity contribution in [3.05, 3.63) is 17.0 Å². The second kappa shape index (κ2) is 7.74. The molecule has 6 heteroatoms. The minimum Gasteiger partial charge on any atom is -0.466 e. The smallest absolute Gasteiger partial charge is 0.310 e. The number of likely N-dealkylation sites (tertiary alicyclic amines) is 1. The Morgan fingerprint density at radius 3 is 2.91 bits per heavy atom. The molecule has 1 atom stereocenters. The summed E-state index contributed by atoms with van der Waals surface area (Å²) in [5, 5.41) is 13.6. The molecule has 1 N–H and O–H groups in total. The molecule has 0 aliphatic carbocycles. The van der Waals surface area contributed by atoms with Crippen molar-refractivity contribution in [2.75, 3.05) is 26.3 Å². The first-order chi connectivity index (χ1) is 10.6. The Labute approximate surface area is 132 Å². The van der Waals surface area contributed by atoms with Gasteiger partial charge in [-0.2, -0.15) is 5.10 Å². The second-order valence-corrected chi connectivity index (χ2v) is 5.92. The van der Waals surface area contributed by atoms with Gasteiger partial charge in [0.05, 0.1) is 31.4 Å². The van der Waals surface area contributed by atoms with Crippen LogP contribution in [0, 0.1) is 19.8 Å². The van der Waals surface area contributed by atoms with Gasteiger partial charge in [-0.15, -0.1) is 0 Å². The number of carbonyl (C=O) groups excluding carboxylic acids is 1. The summed E-state index contributed by atoms with van der Waals surface area (Å²) in [4.78, 5) is 14.2. The number of carbonyl (C=O) groups is 1. The minimum atomic E-state index is -0.0726. The van der Waals surface area contributed by atoms with E-state index in [1.165, 1.54) is 5.56 Å². The normalized spacial score (nSPS) is 19.4. The number of piperidine rings is 1. The molecule has 0 radical (unpaired) electrons. The summed E-state index contributed by atoms with van der Waals surface area (Å²) in [6, 6.07) is 0. The highest BCUT2D eigenvalue weighted by atomic mass is 16.5. The summed E-state index contributed by atoms with van der Waals surface area (Å²) >= 11 is 0. The Balaban J connectivity index is 2.02. The highest BCUT2D eigenvalue weighted by Gasteiger charge is 2.27. The van der Waals surface area contributed by atoms with Crippen LogP contribution in [-0.4, -0.2) is 52.1 Å². The monoisotopic (exact) mass is 309 g/mol. The van der Waals surface area contributed by atoms with Crippen LogP contribution in [0.25, 0.3) is 0 Å². The average Bonchev–Trinajstić information content (AvgIpc) is 2.76. The van der Waals surface area contributed by atoms with Crippen LogP contribution >= 0.6 is 0 Å². The third kappa shape index (κ3) is 3.87. The van der Waals surface area contributed by atoms with Crippen molar-refractivity contribution in [3.63, 3.8) is 0 Å². The summed E-state index contributed by atoms with van der Waals surface area (Å²) in [6.45, 7) is 9.51. The van der Waals surface area contributed by atoms with Gasteiger partial charge in [0, 0.05) is 24.3 Å². The second-order valence-electron chi connectivity index (χ2n) is 5.92. The zero-order valence-corrected chi connectivity index (χ0v) is 13.8. The fourth-order valence-electron chi connectivity index (χ4n) is 3.15. The molecule has 0 aromatic carbocycles. The molecule has 1 aliphatic heterocycles. The Hall–Kier alpha value is -1.40. The highest BCUT2D eigenvalue weighted by molar-refractivity contribution is 5.72. The topological polar surface area (TPSA) is 67.6 Å². The number of ether oxygens (including phenoxy) is 1. The van der Waals surface area contributed by atoms with Gasteiger partial charge in [-0.3, -0.25) is 14.4 Å². The van der Waals surface area contributed by atoms with Crippen LogP contribution in [0.15, 0.2) is 0 Å². The maximum Gasteiger partial charge on any atom is 0.310 e. The molecule has 2 heterocycles. The lowest BCUT2D eigenvalue weighted by Gasteiger charge is -2.31. The van der Waals surface area contributed by atoms with Crippen molar-refractivity contribution in [3.8, 4) is 0 Å². The van der Waals surface area contributed by atoms with Crippen LogP contribution in [0.1, 0.15) is 36.7 Å². The number of aryl methyl sites for hydroxylation is 1. The van der Waals surface area contributed by atoms with Crippen LogP contribution < -0.4 is 0 Å². The third-order valence-corrected chi connectivity index (χ3v) is 4.35. The van der Waals surface area contributed by atoms with Crippen molar-refractivity contribution in [1.29, 1.82) is 0 Å². The average molecular weight is 309 g/mol. The number of nitrogens with zero attached hydrogens (tertiary/aromatic N) is 3. The number of aromatic nitrogens is 2. The molecule has 0 amide bonds. The van der Waals surface area contributed by atoms with E-state index in [-0.39, 0.29) is 18.5 Å². The van der Waals surface area contributed by atoms with Gasteiger partial charge in [-0.05, 0) is 40.2 Å². The van der Waals surface area contributed by atoms with E-state index < -0.39 is 0 Å². The van der Waals surface area contributed by atoms with E-state index in [9.17, 15) is 4.79 Å². The molecule has 0 spiro atoms. The van der Waals surface area contributed by atoms with Crippen molar-refractivity contribution in [2.24, 2.45) is 5.92 Å². The predicted octanol–water partition coefficient (Wildman–Crippen LogP) is 1.27. The summed E-state index contributed by atoms with van der Waals surface area (Å²) < 4.78 is 7.01. The van der Waals surface area contributed by atoms with Gasteiger partial charge in [0.15, 0.2) is 0 Å². The standard InChI is InChI=1S/C16H27N3O3/c1-4-22-16(21)14-6-5-7-18(10-14)11-15-12(2)17-19(8-9-20)13(15)3/h14,20H,4-11H2,1-3H3. The van der Waals surface area contributed by atoms with E-state index in [4.69, 9.17) is 9.84 Å². The molecule has 6 nitrogen and oxygen atoms in total. The maximum atomic E-state index is 11.9. The molecule has 0 bridgehead atoms. The number of esters is 1. The van der Waals surface area contributed by atoms with Crippen molar-refractivity contribution in [1.82, 2.24) is 14.7 Å². The molecule has 1 aromatic heterocycles. The number of hydrogen-bond acceptors (Lipinski definition) is 5. The van der Waals surface area contributed by atoms with Gasteiger partial charge in [-0.1, -0.05) is 0 Å². The van der Waals surface area contributed by atoms with E-state index in [2.05, 4.69) is 10.00 Å². The van der Waals surface area contributed by atoms with Crippen LogP contribution in [0.2, 0.25) is 0 Å². The molecule has 124 valence electrons. The van der Waals surface area contributed by atoms with Crippen molar-refractivity contribution < 1.29 is 14.6 Å². The lowest BCUT2D eigenvalue weighted by atomic mass is 9.97. The Morgan fingerprint density at radius 2 is 2.23 bits per heavy atom. The van der Waals surface area contributed by atoms with E-state index >= 15 is 0 Å². The van der Waals surface area contributed by atoms with E-state index in [0.29, 0.717) is 13.2 Å². The molecule has 1 aromatic rings. The van der Waals surface area contributed by atoms with E-state index in [1.54, 1.807) is 0 Å². The molecule has 2 rings (SSSR count). The third-order valence-electron chi connectivity index (χ3n) is 4.35. The van der Waals surface area contributed by atoms with Crippen LogP contribution in [0.3, 0.4) is 0 Å². The Kier molecular flexibility index (Phi) is 5.97. The fraction of sp³-hybridized carbons (Fsp3) is 0.750. The summed E-state index contributed by atoms with van der Waals surface area (Å²) in [7, 11) is 0. The first-order valence-corrected chi connectivity index (χ1v) is 8.09. The van der Waals surface area contributed by atoms with E-state index in [1.807, 2.05) is 25.5 Å². The molecule has 1 unspecified atom stereocenters. The fourth-order valence-corrected chi connectivity index (χ4v) is 3.15. The Morgan fingerprint density at radius 1 is 1.45 bits per heavy atom. The number of hydrogen-bond donors (Lipinski definition) is 1. The van der Waals surface area contributed by atoms with Gasteiger partial charge in [0.1, 0.15) is 0 Å². The number of aliphatic hydroxyl groups excluding tert-OH is 1. The summed E-state index contributed by atoms with van der Waals surface area (Å²) in [5.74, 6) is -0.0848. The maximum absolute atomic E-state index is 11.9. The molecule has 0 saturated carbocycles. The lowest BCUT2D eigenvalue weighted by Crippen LogP contribution is -2.39. The van der Waals surface area contributed by atoms with Crippen LogP contribution in [-0.2, 0) is 22.6 Å². The molecular formula is C16H27N3O3. The summed E-state index contributed by atoms with van der Waals surface area (Å²) in [5.41, 5.74) is 3.31. The first kappa shape index (κ1) is 17.0. The SMILES string of the molecule is CCOC(=O)C1CCCN(Cc2c(C)nn(CCO)c2C)C1. The minimum absolute atomic E-state index is 0.0122. The molecular weight excluding hydrogens is 282 g/mol. The van der Waals surface area contributed by atoms with Gasteiger partial charge < -0.3 is 9.84 Å². The molecule has 1 aliphatic rings. The molecule has 1 saturated heterocycles. The van der Waals surface area contributed by atoms with Gasteiger partial charge >= 0.3 is 5.97 Å². The van der Waals surface area contributed by atoms with Crippen LogP contribution in [0.5, 0.6) is 0 Å². The number of aliphatic hydroxyl groups is 1. The highest BCUT2D eigenvalue weighted by Crippen LogP contribution is 2.22. The largest absolute Gasteiger partial charge is 0.466 e. The first-order valence-electron chi connectivity index (χ1n) is 8.09. The zero-order chi connectivity index (χ0) is 16.1.